The third-order valence-electron chi connectivity index (χ3n) is 7.36. The monoisotopic (exact) mass is 572 g/mol. The first kappa shape index (κ1) is 35.8. The topological polar surface area (TPSA) is 90.2 Å². The van der Waals surface area contributed by atoms with Gasteiger partial charge < -0.3 is 9.04 Å². The van der Waals surface area contributed by atoms with Crippen molar-refractivity contribution in [3.63, 3.8) is 0 Å². The molecule has 0 fully saturated rings. The fourth-order valence-electron chi connectivity index (χ4n) is 4.95. The van der Waals surface area contributed by atoms with Crippen LogP contribution in [0.5, 0.6) is 0 Å². The number of nitrogens with zero attached hydrogens (tertiary/aromatic N) is 2. The fraction of sp³-hybridized carbons (Fsp3) is 0.606. The Morgan fingerprint density at radius 3 is 1.45 bits per heavy atom. The highest BCUT2D eigenvalue weighted by Gasteiger charge is 2.24. The molecule has 40 heavy (non-hydrogen) atoms. The molecular formula is C33H52N2O4S. The van der Waals surface area contributed by atoms with E-state index >= 15 is 0 Å². The first-order valence-corrected chi connectivity index (χ1v) is 16.6. The van der Waals surface area contributed by atoms with Crippen LogP contribution in [0.3, 0.4) is 0 Å². The molecule has 0 heterocycles. The molecule has 1 atom stereocenters. The lowest BCUT2D eigenvalue weighted by Gasteiger charge is -2.39. The van der Waals surface area contributed by atoms with Crippen molar-refractivity contribution in [3.05, 3.63) is 59.7 Å². The minimum atomic E-state index is -4.74. The van der Waals surface area contributed by atoms with Gasteiger partial charge in [0.2, 0.25) is 10.4 Å². The summed E-state index contributed by atoms with van der Waals surface area (Å²) in [6, 6.07) is 16.4. The number of rotatable bonds is 18. The van der Waals surface area contributed by atoms with E-state index < -0.39 is 16.5 Å². The Morgan fingerprint density at radius 1 is 0.725 bits per heavy atom. The summed E-state index contributed by atoms with van der Waals surface area (Å²) in [6.45, 7) is 16.9. The summed E-state index contributed by atoms with van der Waals surface area (Å²) in [5.41, 5.74) is 3.10. The molecule has 6 nitrogen and oxygen atoms in total. The second kappa shape index (κ2) is 19.8. The highest BCUT2D eigenvalue weighted by atomic mass is 32.3. The van der Waals surface area contributed by atoms with Gasteiger partial charge in [0.25, 0.3) is 0 Å². The van der Waals surface area contributed by atoms with Gasteiger partial charge in [0.1, 0.15) is 6.10 Å². The van der Waals surface area contributed by atoms with E-state index in [0.29, 0.717) is 24.0 Å². The molecule has 0 amide bonds. The highest BCUT2D eigenvalue weighted by molar-refractivity contribution is 7.80. The van der Waals surface area contributed by atoms with Crippen molar-refractivity contribution in [1.29, 1.82) is 5.26 Å². The molecule has 0 aliphatic carbocycles. The zero-order chi connectivity index (χ0) is 29.9. The molecule has 0 bridgehead atoms. The number of nitriles is 1. The Kier molecular flexibility index (Phi) is 17.7. The van der Waals surface area contributed by atoms with Gasteiger partial charge >= 0.3 is 0 Å². The van der Waals surface area contributed by atoms with Crippen LogP contribution in [0.25, 0.3) is 11.1 Å². The number of hydrogen-bond donors (Lipinski definition) is 0. The van der Waals surface area contributed by atoms with Gasteiger partial charge in [-0.25, -0.2) is 8.42 Å². The second-order valence-corrected chi connectivity index (χ2v) is 11.8. The van der Waals surface area contributed by atoms with Gasteiger partial charge in [-0.05, 0) is 60.9 Å². The first-order chi connectivity index (χ1) is 19.2. The summed E-state index contributed by atoms with van der Waals surface area (Å²) in [4.78, 5) is 0. The van der Waals surface area contributed by atoms with Gasteiger partial charge in [0, 0.05) is 0 Å². The van der Waals surface area contributed by atoms with E-state index in [9.17, 15) is 13.0 Å². The minimum Gasteiger partial charge on any atom is -0.726 e. The Labute approximate surface area is 244 Å². The Balaban J connectivity index is 0.000000421. The molecule has 1 unspecified atom stereocenters. The Hall–Kier alpha value is -2.24. The van der Waals surface area contributed by atoms with E-state index in [1.807, 2.05) is 31.2 Å². The normalized spacial score (nSPS) is 12.3. The van der Waals surface area contributed by atoms with Crippen LogP contribution in [0.15, 0.2) is 48.5 Å². The molecule has 0 saturated heterocycles. The summed E-state index contributed by atoms with van der Waals surface area (Å²) in [7, 11) is -4.74. The van der Waals surface area contributed by atoms with Crippen molar-refractivity contribution in [2.75, 3.05) is 26.2 Å². The lowest BCUT2D eigenvalue weighted by atomic mass is 9.99. The Bertz CT molecular complexity index is 1040. The summed E-state index contributed by atoms with van der Waals surface area (Å²) in [5, 5.41) is 8.80. The molecule has 2 rings (SSSR count). The lowest BCUT2D eigenvalue weighted by Crippen LogP contribution is -2.50. The molecule has 0 aromatic heterocycles. The summed E-state index contributed by atoms with van der Waals surface area (Å²) >= 11 is 0. The smallest absolute Gasteiger partial charge is 0.218 e. The number of quaternary nitrogens is 1. The van der Waals surface area contributed by atoms with E-state index in [1.54, 1.807) is 24.3 Å². The van der Waals surface area contributed by atoms with Gasteiger partial charge in [-0.1, -0.05) is 103 Å². The third-order valence-corrected chi connectivity index (χ3v) is 7.83. The maximum atomic E-state index is 10.8. The van der Waals surface area contributed by atoms with Gasteiger partial charge in [0.05, 0.1) is 37.8 Å². The van der Waals surface area contributed by atoms with Crippen molar-refractivity contribution in [2.24, 2.45) is 0 Å². The molecule has 7 heteroatoms. The zero-order valence-corrected chi connectivity index (χ0v) is 26.3. The van der Waals surface area contributed by atoms with Crippen molar-refractivity contribution in [1.82, 2.24) is 0 Å². The fourth-order valence-corrected chi connectivity index (χ4v) is 5.44. The molecule has 2 aromatic carbocycles. The molecule has 224 valence electrons. The lowest BCUT2D eigenvalue weighted by molar-refractivity contribution is -0.929. The second-order valence-electron chi connectivity index (χ2n) is 10.7. The predicted molar refractivity (Wildman–Crippen MR) is 164 cm³/mol. The van der Waals surface area contributed by atoms with E-state index in [0.717, 1.165) is 11.1 Å². The highest BCUT2D eigenvalue weighted by Crippen LogP contribution is 2.27. The molecular weight excluding hydrogens is 520 g/mol. The van der Waals surface area contributed by atoms with Crippen molar-refractivity contribution in [3.8, 4) is 17.2 Å². The van der Waals surface area contributed by atoms with E-state index in [-0.39, 0.29) is 0 Å². The van der Waals surface area contributed by atoms with Crippen LogP contribution in [-0.4, -0.2) is 43.6 Å². The van der Waals surface area contributed by atoms with Gasteiger partial charge in [0.15, 0.2) is 0 Å². The van der Waals surface area contributed by atoms with Crippen LogP contribution in [0.4, 0.5) is 0 Å². The van der Waals surface area contributed by atoms with Crippen LogP contribution in [0.1, 0.15) is 116 Å². The first-order valence-electron chi connectivity index (χ1n) is 15.3. The van der Waals surface area contributed by atoms with Gasteiger partial charge in [-0.2, -0.15) is 5.26 Å². The molecule has 0 aliphatic rings. The van der Waals surface area contributed by atoms with Gasteiger partial charge in [-0.15, -0.1) is 0 Å². The van der Waals surface area contributed by atoms with Crippen LogP contribution in [0, 0.1) is 11.3 Å². The molecule has 0 N–H and O–H groups in total. The van der Waals surface area contributed by atoms with Crippen molar-refractivity contribution < 1.29 is 21.6 Å². The standard InChI is InChI=1S/C17H17NO4S.C16H36N/c1-2-3-17(22-23(19,20)21)16-10-8-15(9-11-16)14-6-4-13(12-18)5-7-14;1-5-9-13-17(14-10-6-2,15-11-7-3)16-12-8-4/h4-11,17H,2-3H2,1H3,(H,19,20,21);5-16H2,1-4H3/q;+1/p-1. The predicted octanol–water partition coefficient (Wildman–Crippen LogP) is 8.55. The molecule has 0 saturated carbocycles. The molecule has 0 spiro atoms. The molecule has 0 aliphatic heterocycles. The van der Waals surface area contributed by atoms with Crippen LogP contribution >= 0.6 is 0 Å². The number of unbranched alkanes of at least 4 members (excludes halogenated alkanes) is 4. The average Bonchev–Trinajstić information content (AvgIpc) is 2.96. The van der Waals surface area contributed by atoms with Crippen LogP contribution in [-0.2, 0) is 14.6 Å². The summed E-state index contributed by atoms with van der Waals surface area (Å²) < 4.78 is 38.5. The third kappa shape index (κ3) is 13.9. The SMILES string of the molecule is CCCC(OS(=O)(=O)[O-])c1ccc(-c2ccc(C#N)cc2)cc1.CCCC[N+](CCCC)(CCCC)CCCC. The van der Waals surface area contributed by atoms with Crippen molar-refractivity contribution >= 4 is 10.4 Å². The summed E-state index contributed by atoms with van der Waals surface area (Å²) in [6.07, 6.45) is 11.4. The average molecular weight is 573 g/mol. The maximum absolute atomic E-state index is 10.8. The molecule has 0 radical (unpaired) electrons. The summed E-state index contributed by atoms with van der Waals surface area (Å²) in [5.74, 6) is 0. The van der Waals surface area contributed by atoms with E-state index in [2.05, 4.69) is 37.9 Å². The van der Waals surface area contributed by atoms with Crippen LogP contribution < -0.4 is 0 Å². The van der Waals surface area contributed by atoms with Gasteiger partial charge in [-0.3, -0.25) is 4.18 Å². The van der Waals surface area contributed by atoms with Crippen LogP contribution in [0.2, 0.25) is 0 Å². The quantitative estimate of drug-likeness (QED) is 0.101. The molecule has 2 aromatic rings. The zero-order valence-electron chi connectivity index (χ0n) is 25.5. The van der Waals surface area contributed by atoms with E-state index in [4.69, 9.17) is 5.26 Å². The largest absolute Gasteiger partial charge is 0.726 e. The van der Waals surface area contributed by atoms with E-state index in [1.165, 1.54) is 82.0 Å². The minimum absolute atomic E-state index is 0.442. The van der Waals surface area contributed by atoms with Crippen molar-refractivity contribution in [2.45, 2.75) is 105 Å². The number of benzene rings is 2. The maximum Gasteiger partial charge on any atom is 0.218 e. The number of hydrogen-bond acceptors (Lipinski definition) is 5. The Morgan fingerprint density at radius 2 is 1.12 bits per heavy atom.